The lowest BCUT2D eigenvalue weighted by molar-refractivity contribution is -0.118. The molecule has 0 radical (unpaired) electrons. The Hall–Kier alpha value is -2.29. The van der Waals surface area contributed by atoms with Gasteiger partial charge in [-0.3, -0.25) is 14.8 Å². The van der Waals surface area contributed by atoms with Gasteiger partial charge in [0.25, 0.3) is 0 Å². The Balaban J connectivity index is 1.40. The molecule has 0 saturated heterocycles. The standard InChI is InChI=1S/C21H22N2O/c1-14(15-5-3-2-4-6-15)9-19(24)11-18-10-17-12-23-21(16-7-8-16)20(17)13-22-18/h2-6,10,13-14,16H,7-9,11-12H2,1H3/t14-/m0/s1. The first-order valence-electron chi connectivity index (χ1n) is 8.80. The maximum atomic E-state index is 12.4. The highest BCUT2D eigenvalue weighted by Crippen LogP contribution is 2.37. The highest BCUT2D eigenvalue weighted by molar-refractivity contribution is 6.06. The van der Waals surface area contributed by atoms with Crippen molar-refractivity contribution >= 4 is 11.5 Å². The van der Waals surface area contributed by atoms with Crippen molar-refractivity contribution < 1.29 is 4.79 Å². The molecule has 0 bridgehead atoms. The topological polar surface area (TPSA) is 42.3 Å². The molecule has 0 amide bonds. The Morgan fingerprint density at radius 2 is 2.04 bits per heavy atom. The summed E-state index contributed by atoms with van der Waals surface area (Å²) in [5, 5.41) is 0. The molecule has 2 aromatic rings. The molecule has 1 aromatic carbocycles. The quantitative estimate of drug-likeness (QED) is 0.804. The molecule has 1 aliphatic carbocycles. The average Bonchev–Trinajstić information content (AvgIpc) is 3.35. The van der Waals surface area contributed by atoms with Gasteiger partial charge < -0.3 is 0 Å². The first kappa shape index (κ1) is 15.3. The zero-order valence-corrected chi connectivity index (χ0v) is 14.0. The number of fused-ring (bicyclic) bond motifs is 1. The first-order chi connectivity index (χ1) is 11.7. The number of carbonyl (C=O) groups excluding carboxylic acids is 1. The lowest BCUT2D eigenvalue weighted by Crippen LogP contribution is -2.10. The highest BCUT2D eigenvalue weighted by Gasteiger charge is 2.32. The van der Waals surface area contributed by atoms with Gasteiger partial charge in [-0.05, 0) is 36.0 Å². The van der Waals surface area contributed by atoms with Crippen LogP contribution in [0.3, 0.4) is 0 Å². The van der Waals surface area contributed by atoms with E-state index in [1.54, 1.807) is 0 Å². The molecule has 1 fully saturated rings. The summed E-state index contributed by atoms with van der Waals surface area (Å²) in [5.41, 5.74) is 5.80. The van der Waals surface area contributed by atoms with E-state index in [9.17, 15) is 4.79 Å². The minimum Gasteiger partial charge on any atom is -0.299 e. The number of benzene rings is 1. The van der Waals surface area contributed by atoms with E-state index >= 15 is 0 Å². The summed E-state index contributed by atoms with van der Waals surface area (Å²) in [5.74, 6) is 1.16. The van der Waals surface area contributed by atoms with Gasteiger partial charge in [0.05, 0.1) is 6.54 Å². The minimum atomic E-state index is 0.248. The van der Waals surface area contributed by atoms with Crippen molar-refractivity contribution in [3.8, 4) is 0 Å². The number of rotatable bonds is 6. The van der Waals surface area contributed by atoms with E-state index in [0.29, 0.717) is 18.8 Å². The number of carbonyl (C=O) groups is 1. The summed E-state index contributed by atoms with van der Waals surface area (Å²) in [6.45, 7) is 2.87. The number of ketones is 1. The third-order valence-electron chi connectivity index (χ3n) is 4.99. The number of aromatic nitrogens is 1. The summed E-state index contributed by atoms with van der Waals surface area (Å²) in [7, 11) is 0. The van der Waals surface area contributed by atoms with Gasteiger partial charge in [0.1, 0.15) is 5.78 Å². The molecule has 0 spiro atoms. The van der Waals surface area contributed by atoms with Gasteiger partial charge in [0.2, 0.25) is 0 Å². The summed E-state index contributed by atoms with van der Waals surface area (Å²) < 4.78 is 0. The van der Waals surface area contributed by atoms with Crippen molar-refractivity contribution in [2.45, 2.75) is 45.1 Å². The monoisotopic (exact) mass is 318 g/mol. The van der Waals surface area contributed by atoms with Crippen LogP contribution in [0.4, 0.5) is 0 Å². The van der Waals surface area contributed by atoms with Crippen LogP contribution in [0.15, 0.2) is 47.6 Å². The van der Waals surface area contributed by atoms with E-state index in [-0.39, 0.29) is 11.7 Å². The molecule has 24 heavy (non-hydrogen) atoms. The molecule has 2 heterocycles. The van der Waals surface area contributed by atoms with E-state index in [0.717, 1.165) is 12.2 Å². The second kappa shape index (κ2) is 6.31. The largest absolute Gasteiger partial charge is 0.299 e. The number of aliphatic imine (C=N–C) groups is 1. The number of hydrogen-bond acceptors (Lipinski definition) is 3. The van der Waals surface area contributed by atoms with Crippen molar-refractivity contribution in [3.05, 3.63) is 65.0 Å². The van der Waals surface area contributed by atoms with Crippen LogP contribution in [0.1, 0.15) is 54.5 Å². The van der Waals surface area contributed by atoms with Crippen LogP contribution in [-0.4, -0.2) is 16.5 Å². The molecular formula is C21H22N2O. The predicted octanol–water partition coefficient (Wildman–Crippen LogP) is 4.10. The summed E-state index contributed by atoms with van der Waals surface area (Å²) >= 11 is 0. The van der Waals surface area contributed by atoms with Crippen LogP contribution < -0.4 is 0 Å². The Morgan fingerprint density at radius 1 is 1.25 bits per heavy atom. The summed E-state index contributed by atoms with van der Waals surface area (Å²) in [6.07, 6.45) is 5.43. The normalized spacial score (nSPS) is 17.3. The van der Waals surface area contributed by atoms with Gasteiger partial charge >= 0.3 is 0 Å². The van der Waals surface area contributed by atoms with Gasteiger partial charge in [-0.2, -0.15) is 0 Å². The third kappa shape index (κ3) is 3.16. The van der Waals surface area contributed by atoms with Crippen molar-refractivity contribution in [2.75, 3.05) is 0 Å². The molecule has 122 valence electrons. The molecule has 3 heteroatoms. The molecule has 3 nitrogen and oxygen atoms in total. The van der Waals surface area contributed by atoms with Crippen molar-refractivity contribution in [3.63, 3.8) is 0 Å². The van der Waals surface area contributed by atoms with E-state index in [2.05, 4.69) is 35.1 Å². The average molecular weight is 318 g/mol. The second-order valence-electron chi connectivity index (χ2n) is 7.04. The van der Waals surface area contributed by atoms with Crippen LogP contribution in [0, 0.1) is 5.92 Å². The molecule has 1 saturated carbocycles. The van der Waals surface area contributed by atoms with Crippen LogP contribution >= 0.6 is 0 Å². The van der Waals surface area contributed by atoms with Crippen molar-refractivity contribution in [1.29, 1.82) is 0 Å². The van der Waals surface area contributed by atoms with Crippen LogP contribution in [-0.2, 0) is 17.8 Å². The van der Waals surface area contributed by atoms with E-state index in [4.69, 9.17) is 0 Å². The number of nitrogens with zero attached hydrogens (tertiary/aromatic N) is 2. The molecule has 1 atom stereocenters. The Kier molecular flexibility index (Phi) is 4.01. The van der Waals surface area contributed by atoms with E-state index < -0.39 is 0 Å². The second-order valence-corrected chi connectivity index (χ2v) is 7.04. The van der Waals surface area contributed by atoms with Gasteiger partial charge in [-0.15, -0.1) is 0 Å². The Labute approximate surface area is 142 Å². The SMILES string of the molecule is C[C@@H](CC(=O)Cc1cc2c(cn1)C(C1CC1)=NC2)c1ccccc1. The minimum absolute atomic E-state index is 0.248. The number of hydrogen-bond donors (Lipinski definition) is 0. The van der Waals surface area contributed by atoms with E-state index in [1.807, 2.05) is 24.4 Å². The van der Waals surface area contributed by atoms with E-state index in [1.165, 1.54) is 35.2 Å². The lowest BCUT2D eigenvalue weighted by Gasteiger charge is -2.11. The van der Waals surface area contributed by atoms with Gasteiger partial charge in [-0.1, -0.05) is 37.3 Å². The summed E-state index contributed by atoms with van der Waals surface area (Å²) in [6, 6.07) is 12.3. The number of pyridine rings is 1. The zero-order valence-electron chi connectivity index (χ0n) is 14.0. The molecule has 0 N–H and O–H groups in total. The Bertz CT molecular complexity index is 791. The molecule has 0 unspecified atom stereocenters. The fourth-order valence-corrected chi connectivity index (χ4v) is 3.48. The third-order valence-corrected chi connectivity index (χ3v) is 4.99. The maximum Gasteiger partial charge on any atom is 0.139 e. The van der Waals surface area contributed by atoms with Crippen LogP contribution in [0.5, 0.6) is 0 Å². The zero-order chi connectivity index (χ0) is 16.5. The van der Waals surface area contributed by atoms with Crippen molar-refractivity contribution in [1.82, 2.24) is 4.98 Å². The molecule has 1 aromatic heterocycles. The van der Waals surface area contributed by atoms with Gasteiger partial charge in [0.15, 0.2) is 0 Å². The molecule has 1 aliphatic heterocycles. The smallest absolute Gasteiger partial charge is 0.139 e. The Morgan fingerprint density at radius 3 is 2.79 bits per heavy atom. The lowest BCUT2D eigenvalue weighted by atomic mass is 9.94. The van der Waals surface area contributed by atoms with Gasteiger partial charge in [0, 0.05) is 41.9 Å². The number of Topliss-reactive ketones (excluding diaryl/α,β-unsaturated/α-hetero) is 1. The first-order valence-corrected chi connectivity index (χ1v) is 8.80. The van der Waals surface area contributed by atoms with Gasteiger partial charge in [-0.25, -0.2) is 0 Å². The highest BCUT2D eigenvalue weighted by atomic mass is 16.1. The summed E-state index contributed by atoms with van der Waals surface area (Å²) in [4.78, 5) is 21.6. The maximum absolute atomic E-state index is 12.4. The molecular weight excluding hydrogens is 296 g/mol. The van der Waals surface area contributed by atoms with Crippen LogP contribution in [0.25, 0.3) is 0 Å². The molecule has 4 rings (SSSR count). The fraction of sp³-hybridized carbons (Fsp3) is 0.381. The molecule has 2 aliphatic rings. The predicted molar refractivity (Wildman–Crippen MR) is 95.4 cm³/mol. The van der Waals surface area contributed by atoms with Crippen LogP contribution in [0.2, 0.25) is 0 Å². The fourth-order valence-electron chi connectivity index (χ4n) is 3.48. The van der Waals surface area contributed by atoms with Crippen molar-refractivity contribution in [2.24, 2.45) is 10.9 Å².